The number of para-hydroxylation sites is 2. The molecule has 1 amide bonds. The van der Waals surface area contributed by atoms with Crippen LogP contribution in [0, 0.1) is 5.82 Å². The minimum Gasteiger partial charge on any atom is -0.476 e. The Hall–Kier alpha value is -2.46. The highest BCUT2D eigenvalue weighted by Gasteiger charge is 2.37. The Labute approximate surface area is 217 Å². The first-order valence-corrected chi connectivity index (χ1v) is 13.9. The van der Waals surface area contributed by atoms with Crippen molar-refractivity contribution in [3.8, 4) is 5.75 Å². The fourth-order valence-corrected chi connectivity index (χ4v) is 6.30. The lowest BCUT2D eigenvalue weighted by Crippen LogP contribution is -2.51. The van der Waals surface area contributed by atoms with Gasteiger partial charge in [0.15, 0.2) is 6.10 Å². The Kier molecular flexibility index (Phi) is 8.11. The van der Waals surface area contributed by atoms with Crippen LogP contribution in [0.1, 0.15) is 5.56 Å². The summed E-state index contributed by atoms with van der Waals surface area (Å²) in [6, 6.07) is 17.0. The predicted octanol–water partition coefficient (Wildman–Crippen LogP) is 5.14. The van der Waals surface area contributed by atoms with E-state index in [1.807, 2.05) is 0 Å². The first-order valence-electron chi connectivity index (χ1n) is 10.6. The number of fused-ring (bicyclic) bond motifs is 1. The highest BCUT2D eigenvalue weighted by Crippen LogP contribution is 2.37. The Bertz CT molecular complexity index is 1300. The summed E-state index contributed by atoms with van der Waals surface area (Å²) in [5.74, 6) is 0.347. The van der Waals surface area contributed by atoms with Gasteiger partial charge < -0.3 is 10.1 Å². The zero-order valence-electron chi connectivity index (χ0n) is 18.3. The molecule has 184 valence electrons. The van der Waals surface area contributed by atoms with Gasteiger partial charge in [0.25, 0.3) is 15.9 Å². The molecular weight excluding hydrogens is 534 g/mol. The maximum absolute atomic E-state index is 13.9. The van der Waals surface area contributed by atoms with Gasteiger partial charge in [-0.05, 0) is 48.5 Å². The highest BCUT2D eigenvalue weighted by molar-refractivity contribution is 7.98. The molecule has 0 unspecified atom stereocenters. The van der Waals surface area contributed by atoms with Crippen LogP contribution in [0.5, 0.6) is 5.75 Å². The smallest absolute Gasteiger partial charge is 0.264 e. The Morgan fingerprint density at radius 3 is 2.57 bits per heavy atom. The third-order valence-corrected chi connectivity index (χ3v) is 8.67. The quantitative estimate of drug-likeness (QED) is 0.390. The second kappa shape index (κ2) is 11.1. The van der Waals surface area contributed by atoms with Gasteiger partial charge in [0.1, 0.15) is 11.6 Å². The average molecular weight is 555 g/mol. The standard InChI is InChI=1S/C24H21Cl2FN2O4S2/c25-16-8-10-17(11-9-16)35(31,32)29-14-23(33-22-7-2-1-6-21(22)29)24(30)28-12-13-34-15-18-19(26)4-3-5-20(18)27/h1-11,23H,12-15H2,(H,28,30)/t23-/m1/s1. The number of nitrogens with one attached hydrogen (secondary N) is 1. The second-order valence-corrected chi connectivity index (χ2v) is 11.4. The number of benzene rings is 3. The monoisotopic (exact) mass is 554 g/mol. The van der Waals surface area contributed by atoms with E-state index < -0.39 is 22.0 Å². The lowest BCUT2D eigenvalue weighted by Gasteiger charge is -2.34. The summed E-state index contributed by atoms with van der Waals surface area (Å²) in [6.07, 6.45) is -1.04. The van der Waals surface area contributed by atoms with Crippen LogP contribution in [0.2, 0.25) is 10.0 Å². The Morgan fingerprint density at radius 2 is 1.83 bits per heavy atom. The van der Waals surface area contributed by atoms with E-state index in [1.54, 1.807) is 36.4 Å². The van der Waals surface area contributed by atoms with Crippen molar-refractivity contribution in [1.29, 1.82) is 0 Å². The summed E-state index contributed by atoms with van der Waals surface area (Å²) >= 11 is 13.4. The molecule has 1 heterocycles. The molecule has 1 N–H and O–H groups in total. The van der Waals surface area contributed by atoms with Gasteiger partial charge in [0, 0.05) is 33.7 Å². The third-order valence-electron chi connectivity index (χ3n) is 5.28. The van der Waals surface area contributed by atoms with E-state index >= 15 is 0 Å². The van der Waals surface area contributed by atoms with Gasteiger partial charge in [0.05, 0.1) is 17.1 Å². The first-order chi connectivity index (χ1) is 16.8. The fraction of sp³-hybridized carbons (Fsp3) is 0.208. The molecule has 1 aliphatic heterocycles. The summed E-state index contributed by atoms with van der Waals surface area (Å²) < 4.78 is 47.6. The maximum Gasteiger partial charge on any atom is 0.264 e. The van der Waals surface area contributed by atoms with E-state index in [-0.39, 0.29) is 17.3 Å². The van der Waals surface area contributed by atoms with E-state index in [0.717, 1.165) is 0 Å². The number of rotatable bonds is 8. The number of hydrogen-bond acceptors (Lipinski definition) is 5. The van der Waals surface area contributed by atoms with Crippen molar-refractivity contribution in [1.82, 2.24) is 5.32 Å². The van der Waals surface area contributed by atoms with Crippen LogP contribution in [-0.2, 0) is 20.6 Å². The maximum atomic E-state index is 13.9. The number of amides is 1. The van der Waals surface area contributed by atoms with Crippen LogP contribution < -0.4 is 14.4 Å². The molecule has 35 heavy (non-hydrogen) atoms. The predicted molar refractivity (Wildman–Crippen MR) is 137 cm³/mol. The molecule has 0 bridgehead atoms. The van der Waals surface area contributed by atoms with Crippen molar-refractivity contribution in [2.75, 3.05) is 23.1 Å². The molecular formula is C24H21Cl2FN2O4S2. The van der Waals surface area contributed by atoms with Gasteiger partial charge in [-0.1, -0.05) is 41.4 Å². The molecule has 1 aliphatic rings. The summed E-state index contributed by atoms with van der Waals surface area (Å²) in [6.45, 7) is 0.104. The Morgan fingerprint density at radius 1 is 1.09 bits per heavy atom. The number of hydrogen-bond donors (Lipinski definition) is 1. The molecule has 6 nitrogen and oxygen atoms in total. The number of ether oxygens (including phenoxy) is 1. The van der Waals surface area contributed by atoms with Gasteiger partial charge in [-0.25, -0.2) is 12.8 Å². The summed E-state index contributed by atoms with van der Waals surface area (Å²) in [5, 5.41) is 3.54. The number of halogens is 3. The van der Waals surface area contributed by atoms with E-state index in [0.29, 0.717) is 45.1 Å². The largest absolute Gasteiger partial charge is 0.476 e. The summed E-state index contributed by atoms with van der Waals surface area (Å²) in [7, 11) is -3.96. The lowest BCUT2D eigenvalue weighted by molar-refractivity contribution is -0.127. The van der Waals surface area contributed by atoms with Crippen LogP contribution in [0.15, 0.2) is 71.6 Å². The molecule has 0 spiro atoms. The van der Waals surface area contributed by atoms with Crippen molar-refractivity contribution >= 4 is 56.6 Å². The molecule has 0 fully saturated rings. The van der Waals surface area contributed by atoms with Crippen LogP contribution in [0.25, 0.3) is 0 Å². The van der Waals surface area contributed by atoms with Crippen LogP contribution in [-0.4, -0.2) is 39.3 Å². The first kappa shape index (κ1) is 25.6. The molecule has 4 rings (SSSR count). The van der Waals surface area contributed by atoms with Gasteiger partial charge >= 0.3 is 0 Å². The summed E-state index contributed by atoms with van der Waals surface area (Å²) in [4.78, 5) is 12.9. The third kappa shape index (κ3) is 5.86. The number of nitrogens with zero attached hydrogens (tertiary/aromatic N) is 1. The minimum atomic E-state index is -3.96. The molecule has 3 aromatic carbocycles. The fourth-order valence-electron chi connectivity index (χ4n) is 3.50. The zero-order chi connectivity index (χ0) is 25.0. The molecule has 0 saturated heterocycles. The molecule has 11 heteroatoms. The molecule has 0 aromatic heterocycles. The highest BCUT2D eigenvalue weighted by atomic mass is 35.5. The number of carbonyl (C=O) groups is 1. The molecule has 0 saturated carbocycles. The number of thioether (sulfide) groups is 1. The average Bonchev–Trinajstić information content (AvgIpc) is 2.84. The van der Waals surface area contributed by atoms with Gasteiger partial charge in [0.2, 0.25) is 0 Å². The SMILES string of the molecule is O=C(NCCSCc1c(F)cccc1Cl)[C@H]1CN(S(=O)(=O)c2ccc(Cl)cc2)c2ccccc2O1. The molecule has 0 radical (unpaired) electrons. The number of carbonyl (C=O) groups excluding carboxylic acids is 1. The molecule has 3 aromatic rings. The Balaban J connectivity index is 1.41. The van der Waals surface area contributed by atoms with E-state index in [4.69, 9.17) is 27.9 Å². The van der Waals surface area contributed by atoms with E-state index in [2.05, 4.69) is 5.32 Å². The van der Waals surface area contributed by atoms with Crippen molar-refractivity contribution in [2.24, 2.45) is 0 Å². The second-order valence-electron chi connectivity index (χ2n) is 7.61. The van der Waals surface area contributed by atoms with Crippen molar-refractivity contribution in [2.45, 2.75) is 16.8 Å². The zero-order valence-corrected chi connectivity index (χ0v) is 21.4. The van der Waals surface area contributed by atoms with E-state index in [9.17, 15) is 17.6 Å². The topological polar surface area (TPSA) is 75.7 Å². The van der Waals surface area contributed by atoms with Crippen LogP contribution in [0.3, 0.4) is 0 Å². The van der Waals surface area contributed by atoms with E-state index in [1.165, 1.54) is 46.4 Å². The minimum absolute atomic E-state index is 0.0565. The van der Waals surface area contributed by atoms with Crippen molar-refractivity contribution < 1.29 is 22.3 Å². The normalized spacial score (nSPS) is 15.3. The number of anilines is 1. The van der Waals surface area contributed by atoms with Crippen molar-refractivity contribution in [3.63, 3.8) is 0 Å². The lowest BCUT2D eigenvalue weighted by atomic mass is 10.2. The van der Waals surface area contributed by atoms with Gasteiger partial charge in [-0.15, -0.1) is 0 Å². The van der Waals surface area contributed by atoms with Crippen molar-refractivity contribution in [3.05, 3.63) is 88.2 Å². The molecule has 0 aliphatic carbocycles. The number of sulfonamides is 1. The molecule has 1 atom stereocenters. The van der Waals surface area contributed by atoms with Crippen LogP contribution in [0.4, 0.5) is 10.1 Å². The summed E-state index contributed by atoms with van der Waals surface area (Å²) in [5.41, 5.74) is 0.768. The van der Waals surface area contributed by atoms with Gasteiger partial charge in [-0.3, -0.25) is 9.10 Å². The van der Waals surface area contributed by atoms with Gasteiger partial charge in [-0.2, -0.15) is 11.8 Å². The van der Waals surface area contributed by atoms with Crippen LogP contribution >= 0.6 is 35.0 Å².